The van der Waals surface area contributed by atoms with Gasteiger partial charge in [0.25, 0.3) is 0 Å². The zero-order valence-corrected chi connectivity index (χ0v) is 24.5. The summed E-state index contributed by atoms with van der Waals surface area (Å²) in [6.45, 7) is 3.10. The molecule has 0 bridgehead atoms. The van der Waals surface area contributed by atoms with Gasteiger partial charge in [0.15, 0.2) is 0 Å². The van der Waals surface area contributed by atoms with Crippen molar-refractivity contribution in [2.75, 3.05) is 13.2 Å². The number of unbranched alkanes of at least 4 members (excludes halogenated alkanes) is 1. The highest BCUT2D eigenvalue weighted by Gasteiger charge is 2.54. The van der Waals surface area contributed by atoms with Gasteiger partial charge < -0.3 is 18.8 Å². The van der Waals surface area contributed by atoms with Crippen molar-refractivity contribution in [3.63, 3.8) is 0 Å². The Morgan fingerprint density at radius 3 is 1.36 bits per heavy atom. The van der Waals surface area contributed by atoms with Crippen molar-refractivity contribution < 1.29 is 18.8 Å². The van der Waals surface area contributed by atoms with E-state index >= 15 is 0 Å². The van der Waals surface area contributed by atoms with E-state index in [0.29, 0.717) is 24.9 Å². The van der Waals surface area contributed by atoms with Gasteiger partial charge >= 0.3 is 7.12 Å². The van der Waals surface area contributed by atoms with Gasteiger partial charge in [0.05, 0.1) is 25.4 Å². The lowest BCUT2D eigenvalue weighted by atomic mass is 9.80. The molecule has 2 aliphatic rings. The molecule has 0 radical (unpaired) electrons. The fourth-order valence-electron chi connectivity index (χ4n) is 6.11. The van der Waals surface area contributed by atoms with E-state index in [1.807, 2.05) is 24.3 Å². The van der Waals surface area contributed by atoms with Gasteiger partial charge in [-0.05, 0) is 40.4 Å². The summed E-state index contributed by atoms with van der Waals surface area (Å²) >= 11 is 0. The Morgan fingerprint density at radius 2 is 1.00 bits per heavy atom. The van der Waals surface area contributed by atoms with Gasteiger partial charge in [-0.15, -0.1) is 0 Å². The number of benzene rings is 4. The summed E-state index contributed by atoms with van der Waals surface area (Å²) in [5.74, 6) is 1.15. The zero-order chi connectivity index (χ0) is 28.6. The Hall–Kier alpha value is -3.22. The highest BCUT2D eigenvalue weighted by molar-refractivity contribution is 6.48. The minimum atomic E-state index is -0.218. The van der Waals surface area contributed by atoms with Crippen molar-refractivity contribution in [3.05, 3.63) is 144 Å². The molecule has 216 valence electrons. The summed E-state index contributed by atoms with van der Waals surface area (Å²) in [4.78, 5) is 0. The molecule has 4 aromatic rings. The van der Waals surface area contributed by atoms with Crippen molar-refractivity contribution in [1.29, 1.82) is 0 Å². The molecule has 1 heterocycles. The maximum absolute atomic E-state index is 6.68. The van der Waals surface area contributed by atoms with E-state index in [-0.39, 0.29) is 31.5 Å². The summed E-state index contributed by atoms with van der Waals surface area (Å²) in [6.07, 6.45) is 4.11. The zero-order valence-electron chi connectivity index (χ0n) is 24.5. The Balaban J connectivity index is 1.19. The van der Waals surface area contributed by atoms with Crippen LogP contribution in [0.15, 0.2) is 121 Å². The molecular weight excluding hydrogens is 519 g/mol. The predicted octanol–water partition coefficient (Wildman–Crippen LogP) is 8.45. The molecule has 4 nitrogen and oxygen atoms in total. The van der Waals surface area contributed by atoms with E-state index in [4.69, 9.17) is 18.8 Å². The van der Waals surface area contributed by atoms with Crippen LogP contribution in [0, 0.1) is 5.92 Å². The molecule has 0 aromatic heterocycles. The molecular formula is C37H41BO4. The summed E-state index contributed by atoms with van der Waals surface area (Å²) in [5.41, 5.74) is 4.51. The standard InChI is InChI=1S/C37H41BO4/c1-2-3-16-32-25-33(32)38-41-34(26-39-36(28-17-8-4-9-18-28)29-19-10-5-11-20-29)35(42-38)27-40-37(30-21-12-6-13-22-30)31-23-14-7-15-24-31/h4-15,17-24,32-37H,2-3,16,25-27H2,1H3/t32-,33+,34+,35+/m0/s1. The van der Waals surface area contributed by atoms with Gasteiger partial charge in [0, 0.05) is 0 Å². The first-order chi connectivity index (χ1) is 20.8. The highest BCUT2D eigenvalue weighted by Crippen LogP contribution is 2.52. The van der Waals surface area contributed by atoms with E-state index < -0.39 is 0 Å². The third-order valence-electron chi connectivity index (χ3n) is 8.55. The second-order valence-electron chi connectivity index (χ2n) is 11.6. The molecule has 4 atom stereocenters. The lowest BCUT2D eigenvalue weighted by molar-refractivity contribution is -0.0321. The lowest BCUT2D eigenvalue weighted by Gasteiger charge is -2.25. The number of ether oxygens (including phenoxy) is 2. The van der Waals surface area contributed by atoms with Crippen molar-refractivity contribution in [2.45, 2.75) is 62.8 Å². The van der Waals surface area contributed by atoms with E-state index in [2.05, 4.69) is 104 Å². The van der Waals surface area contributed by atoms with E-state index in [1.54, 1.807) is 0 Å². The minimum absolute atomic E-state index is 0.184. The first-order valence-corrected chi connectivity index (χ1v) is 15.5. The fourth-order valence-corrected chi connectivity index (χ4v) is 6.11. The molecule has 0 amide bonds. The van der Waals surface area contributed by atoms with Crippen LogP contribution in [0.25, 0.3) is 0 Å². The third-order valence-corrected chi connectivity index (χ3v) is 8.55. The normalized spacial score (nSPS) is 21.7. The van der Waals surface area contributed by atoms with Gasteiger partial charge in [-0.25, -0.2) is 0 Å². The predicted molar refractivity (Wildman–Crippen MR) is 168 cm³/mol. The second kappa shape index (κ2) is 14.3. The van der Waals surface area contributed by atoms with E-state index in [1.165, 1.54) is 25.7 Å². The van der Waals surface area contributed by atoms with Crippen LogP contribution >= 0.6 is 0 Å². The largest absolute Gasteiger partial charge is 0.461 e. The van der Waals surface area contributed by atoms with Crippen molar-refractivity contribution in [1.82, 2.24) is 0 Å². The van der Waals surface area contributed by atoms with Crippen LogP contribution in [0.3, 0.4) is 0 Å². The Labute approximate surface area is 251 Å². The quantitative estimate of drug-likeness (QED) is 0.145. The van der Waals surface area contributed by atoms with Crippen molar-refractivity contribution in [2.24, 2.45) is 5.92 Å². The third kappa shape index (κ3) is 7.22. The SMILES string of the molecule is CCCC[C@H]1C[C@H]1B1O[C@H](COC(c2ccccc2)c2ccccc2)[C@@H](COC(c2ccccc2)c2ccccc2)O1. The summed E-state index contributed by atoms with van der Waals surface area (Å²) in [7, 11) is -0.201. The maximum Gasteiger partial charge on any atom is 0.461 e. The maximum atomic E-state index is 6.68. The molecule has 0 spiro atoms. The van der Waals surface area contributed by atoms with E-state index in [0.717, 1.165) is 22.3 Å². The molecule has 1 aliphatic carbocycles. The molecule has 0 N–H and O–H groups in total. The molecule has 2 fully saturated rings. The average Bonchev–Trinajstić information content (AvgIpc) is 3.73. The van der Waals surface area contributed by atoms with Crippen LogP contribution in [0.5, 0.6) is 0 Å². The molecule has 0 unspecified atom stereocenters. The summed E-state index contributed by atoms with van der Waals surface area (Å²) in [5, 5.41) is 0. The van der Waals surface area contributed by atoms with Crippen LogP contribution in [0.2, 0.25) is 5.82 Å². The molecule has 1 saturated heterocycles. The van der Waals surface area contributed by atoms with Crippen molar-refractivity contribution in [3.8, 4) is 0 Å². The van der Waals surface area contributed by atoms with Gasteiger partial charge in [0.1, 0.15) is 12.2 Å². The van der Waals surface area contributed by atoms with Crippen LogP contribution in [0.4, 0.5) is 0 Å². The lowest BCUT2D eigenvalue weighted by Crippen LogP contribution is -2.33. The Bertz CT molecular complexity index is 1160. The molecule has 42 heavy (non-hydrogen) atoms. The van der Waals surface area contributed by atoms with Gasteiger partial charge in [0.2, 0.25) is 0 Å². The van der Waals surface area contributed by atoms with Crippen LogP contribution in [-0.4, -0.2) is 32.5 Å². The van der Waals surface area contributed by atoms with E-state index in [9.17, 15) is 0 Å². The van der Waals surface area contributed by atoms with Gasteiger partial charge in [-0.3, -0.25) is 0 Å². The summed E-state index contributed by atoms with van der Waals surface area (Å²) in [6, 6.07) is 41.7. The smallest absolute Gasteiger partial charge is 0.403 e. The first-order valence-electron chi connectivity index (χ1n) is 15.5. The first kappa shape index (κ1) is 28.9. The fraction of sp³-hybridized carbons (Fsp3) is 0.351. The summed E-state index contributed by atoms with van der Waals surface area (Å²) < 4.78 is 26.7. The van der Waals surface area contributed by atoms with Gasteiger partial charge in [-0.2, -0.15) is 0 Å². The van der Waals surface area contributed by atoms with Gasteiger partial charge in [-0.1, -0.05) is 148 Å². The highest BCUT2D eigenvalue weighted by atomic mass is 16.7. The van der Waals surface area contributed by atoms with Crippen LogP contribution in [-0.2, 0) is 18.8 Å². The van der Waals surface area contributed by atoms with Crippen molar-refractivity contribution >= 4 is 7.12 Å². The molecule has 1 aliphatic heterocycles. The average molecular weight is 561 g/mol. The minimum Gasteiger partial charge on any atom is -0.403 e. The monoisotopic (exact) mass is 560 g/mol. The van der Waals surface area contributed by atoms with Crippen LogP contribution < -0.4 is 0 Å². The molecule has 4 aromatic carbocycles. The molecule has 6 rings (SSSR count). The second-order valence-corrected chi connectivity index (χ2v) is 11.6. The Morgan fingerprint density at radius 1 is 0.619 bits per heavy atom. The molecule has 1 saturated carbocycles. The number of hydrogen-bond acceptors (Lipinski definition) is 4. The Kier molecular flexibility index (Phi) is 9.84. The molecule has 5 heteroatoms. The number of rotatable bonds is 14. The van der Waals surface area contributed by atoms with Crippen LogP contribution in [0.1, 0.15) is 67.1 Å². The topological polar surface area (TPSA) is 36.9 Å². The number of hydrogen-bond donors (Lipinski definition) is 0.